The minimum Gasteiger partial charge on any atom is -0.391 e. The van der Waals surface area contributed by atoms with Crippen LogP contribution in [0.3, 0.4) is 0 Å². The summed E-state index contributed by atoms with van der Waals surface area (Å²) in [6.45, 7) is 10.2. The first-order valence-electron chi connectivity index (χ1n) is 7.03. The predicted octanol–water partition coefficient (Wildman–Crippen LogP) is 3.05. The van der Waals surface area contributed by atoms with E-state index in [1.807, 2.05) is 0 Å². The highest BCUT2D eigenvalue weighted by molar-refractivity contribution is 4.88. The fraction of sp³-hybridized carbons (Fsp3) is 1.00. The van der Waals surface area contributed by atoms with Crippen molar-refractivity contribution in [2.45, 2.75) is 78.0 Å². The van der Waals surface area contributed by atoms with Crippen LogP contribution in [-0.2, 0) is 0 Å². The minimum atomic E-state index is -0.0839. The van der Waals surface area contributed by atoms with Crippen LogP contribution in [-0.4, -0.2) is 34.7 Å². The Morgan fingerprint density at radius 3 is 2.19 bits per heavy atom. The van der Waals surface area contributed by atoms with E-state index in [-0.39, 0.29) is 6.10 Å². The molecule has 0 heterocycles. The van der Waals surface area contributed by atoms with Crippen molar-refractivity contribution in [2.24, 2.45) is 5.92 Å². The van der Waals surface area contributed by atoms with E-state index in [4.69, 9.17) is 0 Å². The van der Waals surface area contributed by atoms with Gasteiger partial charge >= 0.3 is 0 Å². The molecule has 0 radical (unpaired) electrons. The molecule has 0 unspecified atom stereocenters. The Labute approximate surface area is 101 Å². The number of rotatable bonds is 6. The van der Waals surface area contributed by atoms with Crippen LogP contribution in [0.2, 0.25) is 0 Å². The maximum atomic E-state index is 10.1. The van der Waals surface area contributed by atoms with E-state index in [1.165, 1.54) is 25.7 Å². The fourth-order valence-electron chi connectivity index (χ4n) is 3.04. The van der Waals surface area contributed by atoms with Crippen LogP contribution < -0.4 is 0 Å². The smallest absolute Gasteiger partial charge is 0.0695 e. The first kappa shape index (κ1) is 14.0. The van der Waals surface area contributed by atoms with Gasteiger partial charge in [-0.15, -0.1) is 0 Å². The Bertz CT molecular complexity index is 189. The summed E-state index contributed by atoms with van der Waals surface area (Å²) >= 11 is 0. The third-order valence-electron chi connectivity index (χ3n) is 3.86. The maximum absolute atomic E-state index is 10.1. The van der Waals surface area contributed by atoms with Crippen molar-refractivity contribution in [3.05, 3.63) is 0 Å². The van der Waals surface area contributed by atoms with E-state index in [9.17, 15) is 5.11 Å². The molecular weight excluding hydrogens is 198 g/mol. The highest BCUT2D eigenvalue weighted by atomic mass is 16.3. The summed E-state index contributed by atoms with van der Waals surface area (Å²) in [7, 11) is 0. The molecule has 0 amide bonds. The molecule has 0 aromatic rings. The van der Waals surface area contributed by atoms with E-state index in [0.717, 1.165) is 13.0 Å². The van der Waals surface area contributed by atoms with E-state index >= 15 is 0 Å². The molecule has 96 valence electrons. The summed E-state index contributed by atoms with van der Waals surface area (Å²) in [5.74, 6) is 0.688. The molecule has 0 aromatic carbocycles. The van der Waals surface area contributed by atoms with Gasteiger partial charge < -0.3 is 5.11 Å². The lowest BCUT2D eigenvalue weighted by Gasteiger charge is -2.38. The van der Waals surface area contributed by atoms with E-state index in [0.29, 0.717) is 18.0 Å². The summed E-state index contributed by atoms with van der Waals surface area (Å²) in [6, 6.07) is 1.08. The molecular formula is C14H29NO. The lowest BCUT2D eigenvalue weighted by molar-refractivity contribution is 0.0323. The molecule has 0 aromatic heterocycles. The van der Waals surface area contributed by atoms with Gasteiger partial charge in [0.15, 0.2) is 0 Å². The minimum absolute atomic E-state index is 0.0839. The largest absolute Gasteiger partial charge is 0.391 e. The van der Waals surface area contributed by atoms with Crippen LogP contribution in [0.4, 0.5) is 0 Å². The first-order chi connectivity index (χ1) is 7.60. The zero-order chi connectivity index (χ0) is 12.1. The molecule has 1 N–H and O–H groups in total. The summed E-state index contributed by atoms with van der Waals surface area (Å²) < 4.78 is 0. The van der Waals surface area contributed by atoms with Gasteiger partial charge in [0.25, 0.3) is 0 Å². The molecule has 0 aliphatic heterocycles. The van der Waals surface area contributed by atoms with Crippen LogP contribution in [0.25, 0.3) is 0 Å². The normalized spacial score (nSPS) is 26.2. The summed E-state index contributed by atoms with van der Waals surface area (Å²) in [4.78, 5) is 2.59. The van der Waals surface area contributed by atoms with Gasteiger partial charge in [-0.25, -0.2) is 0 Å². The van der Waals surface area contributed by atoms with Crippen LogP contribution in [0.15, 0.2) is 0 Å². The van der Waals surface area contributed by atoms with Crippen LogP contribution >= 0.6 is 0 Å². The van der Waals surface area contributed by atoms with Crippen molar-refractivity contribution < 1.29 is 5.11 Å². The van der Waals surface area contributed by atoms with Gasteiger partial charge in [0.1, 0.15) is 0 Å². The summed E-state index contributed by atoms with van der Waals surface area (Å²) in [5, 5.41) is 10.1. The zero-order valence-corrected chi connectivity index (χ0v) is 11.4. The van der Waals surface area contributed by atoms with Gasteiger partial charge in [0, 0.05) is 18.6 Å². The van der Waals surface area contributed by atoms with Gasteiger partial charge in [-0.1, -0.05) is 27.7 Å². The zero-order valence-electron chi connectivity index (χ0n) is 11.4. The second-order valence-electron chi connectivity index (χ2n) is 5.63. The number of aliphatic hydroxyl groups is 1. The summed E-state index contributed by atoms with van der Waals surface area (Å²) in [5.41, 5.74) is 0. The highest BCUT2D eigenvalue weighted by Crippen LogP contribution is 2.28. The molecule has 1 aliphatic rings. The van der Waals surface area contributed by atoms with E-state index in [1.54, 1.807) is 0 Å². The average Bonchev–Trinajstić information content (AvgIpc) is 2.64. The van der Waals surface area contributed by atoms with Crippen molar-refractivity contribution in [3.8, 4) is 0 Å². The molecule has 1 aliphatic carbocycles. The van der Waals surface area contributed by atoms with Gasteiger partial charge in [-0.2, -0.15) is 0 Å². The lowest BCUT2D eigenvalue weighted by Crippen LogP contribution is -2.48. The van der Waals surface area contributed by atoms with E-state index in [2.05, 4.69) is 32.6 Å². The van der Waals surface area contributed by atoms with Crippen molar-refractivity contribution in [1.82, 2.24) is 4.90 Å². The fourth-order valence-corrected chi connectivity index (χ4v) is 3.04. The molecule has 1 fully saturated rings. The monoisotopic (exact) mass is 227 g/mol. The average molecular weight is 227 g/mol. The van der Waals surface area contributed by atoms with Gasteiger partial charge in [0.05, 0.1) is 6.10 Å². The number of hydrogen-bond acceptors (Lipinski definition) is 2. The molecule has 2 nitrogen and oxygen atoms in total. The second-order valence-corrected chi connectivity index (χ2v) is 5.63. The van der Waals surface area contributed by atoms with Crippen molar-refractivity contribution in [3.63, 3.8) is 0 Å². The predicted molar refractivity (Wildman–Crippen MR) is 69.6 cm³/mol. The molecule has 1 saturated carbocycles. The Hall–Kier alpha value is -0.0800. The van der Waals surface area contributed by atoms with Crippen LogP contribution in [0.1, 0.15) is 59.8 Å². The van der Waals surface area contributed by atoms with Gasteiger partial charge in [0.2, 0.25) is 0 Å². The van der Waals surface area contributed by atoms with Crippen molar-refractivity contribution in [1.29, 1.82) is 0 Å². The second kappa shape index (κ2) is 6.61. The molecule has 0 saturated heterocycles. The first-order valence-corrected chi connectivity index (χ1v) is 7.03. The van der Waals surface area contributed by atoms with Crippen LogP contribution in [0.5, 0.6) is 0 Å². The lowest BCUT2D eigenvalue weighted by atomic mass is 10.0. The topological polar surface area (TPSA) is 23.5 Å². The summed E-state index contributed by atoms with van der Waals surface area (Å²) in [6.07, 6.45) is 5.70. The number of nitrogens with zero attached hydrogens (tertiary/aromatic N) is 1. The number of aliphatic hydroxyl groups excluding tert-OH is 1. The maximum Gasteiger partial charge on any atom is 0.0695 e. The third-order valence-corrected chi connectivity index (χ3v) is 3.86. The third kappa shape index (κ3) is 3.46. The standard InChI is InChI=1S/C14H29NO/c1-5-12(6-2)15(10-11(3)4)13-8-7-9-14(13)16/h11-14,16H,5-10H2,1-4H3/t13-,14-/m0/s1. The molecule has 0 spiro atoms. The Balaban J connectivity index is 2.68. The molecule has 2 atom stereocenters. The van der Waals surface area contributed by atoms with E-state index < -0.39 is 0 Å². The molecule has 2 heteroatoms. The molecule has 1 rings (SSSR count). The van der Waals surface area contributed by atoms with Gasteiger partial charge in [-0.3, -0.25) is 4.90 Å². The number of hydrogen-bond donors (Lipinski definition) is 1. The van der Waals surface area contributed by atoms with Crippen LogP contribution in [0, 0.1) is 5.92 Å². The SMILES string of the molecule is CCC(CC)N(CC(C)C)[C@H]1CCC[C@@H]1O. The highest BCUT2D eigenvalue weighted by Gasteiger charge is 2.33. The Morgan fingerprint density at radius 1 is 1.19 bits per heavy atom. The van der Waals surface area contributed by atoms with Crippen molar-refractivity contribution in [2.75, 3.05) is 6.54 Å². The van der Waals surface area contributed by atoms with Crippen molar-refractivity contribution >= 4 is 0 Å². The molecule has 0 bridgehead atoms. The quantitative estimate of drug-likeness (QED) is 0.754. The Kier molecular flexibility index (Phi) is 5.77. The van der Waals surface area contributed by atoms with Gasteiger partial charge in [-0.05, 0) is 38.0 Å². The Morgan fingerprint density at radius 2 is 1.81 bits per heavy atom. The molecule has 16 heavy (non-hydrogen) atoms.